The molecule has 0 aliphatic carbocycles. The van der Waals surface area contributed by atoms with Crippen LogP contribution in [0.2, 0.25) is 0 Å². The van der Waals surface area contributed by atoms with Crippen LogP contribution in [0.25, 0.3) is 10.9 Å². The van der Waals surface area contributed by atoms with Crippen LogP contribution in [-0.4, -0.2) is 102 Å². The maximum atomic E-state index is 13.7. The highest BCUT2D eigenvalue weighted by Gasteiger charge is 2.46. The van der Waals surface area contributed by atoms with E-state index in [1.807, 2.05) is 25.1 Å². The molecule has 0 unspecified atom stereocenters. The summed E-state index contributed by atoms with van der Waals surface area (Å²) in [5.41, 5.74) is 3.70. The zero-order chi connectivity index (χ0) is 31.4. The SMILES string of the molecule is Cc1cc(C[C@H]2OC(=O)N3CCC4(CC3)OC(=O)Nc3ncc(cc34)CCCOCCOCCCN(C)C2=O)cc2cn[nH]c12. The number of H-pyrrole nitrogens is 1. The zero-order valence-electron chi connectivity index (χ0n) is 25.8. The topological polar surface area (TPSA) is 148 Å². The average molecular weight is 621 g/mol. The summed E-state index contributed by atoms with van der Waals surface area (Å²) in [5, 5.41) is 10.8. The van der Waals surface area contributed by atoms with E-state index in [-0.39, 0.29) is 25.4 Å². The minimum Gasteiger partial charge on any atom is -0.437 e. The van der Waals surface area contributed by atoms with Crippen LogP contribution in [-0.2, 0) is 42.2 Å². The van der Waals surface area contributed by atoms with Crippen LogP contribution in [0.4, 0.5) is 15.4 Å². The predicted octanol–water partition coefficient (Wildman–Crippen LogP) is 3.70. The molecule has 2 N–H and O–H groups in total. The number of piperidine rings is 1. The number of aryl methyl sites for hydroxylation is 2. The van der Waals surface area contributed by atoms with Gasteiger partial charge < -0.3 is 28.7 Å². The number of carbonyl (C=O) groups excluding carboxylic acids is 3. The van der Waals surface area contributed by atoms with Crippen molar-refractivity contribution >= 4 is 34.8 Å². The molecule has 2 aromatic heterocycles. The molecule has 1 fully saturated rings. The molecule has 4 bridgehead atoms. The second-order valence-electron chi connectivity index (χ2n) is 12.0. The Morgan fingerprint density at radius 2 is 1.76 bits per heavy atom. The first-order valence-electron chi connectivity index (χ1n) is 15.6. The molecule has 6 heterocycles. The van der Waals surface area contributed by atoms with Crippen molar-refractivity contribution < 1.29 is 33.3 Å². The van der Waals surface area contributed by atoms with Crippen LogP contribution in [0.5, 0.6) is 0 Å². The molecule has 1 spiro atoms. The monoisotopic (exact) mass is 620 g/mol. The van der Waals surface area contributed by atoms with Crippen molar-refractivity contribution in [1.29, 1.82) is 0 Å². The molecule has 1 aromatic carbocycles. The van der Waals surface area contributed by atoms with Gasteiger partial charge in [-0.05, 0) is 55.0 Å². The fourth-order valence-electron chi connectivity index (χ4n) is 6.35. The highest BCUT2D eigenvalue weighted by Crippen LogP contribution is 2.43. The van der Waals surface area contributed by atoms with Gasteiger partial charge in [0.2, 0.25) is 0 Å². The molecule has 0 radical (unpaired) electrons. The fourth-order valence-corrected chi connectivity index (χ4v) is 6.35. The number of pyridine rings is 1. The van der Waals surface area contributed by atoms with E-state index in [1.165, 1.54) is 0 Å². The summed E-state index contributed by atoms with van der Waals surface area (Å²) in [4.78, 5) is 47.5. The summed E-state index contributed by atoms with van der Waals surface area (Å²) in [6.45, 7) is 5.01. The molecule has 4 aliphatic rings. The number of carbonyl (C=O) groups is 3. The van der Waals surface area contributed by atoms with Crippen molar-refractivity contribution in [2.75, 3.05) is 58.4 Å². The molecule has 3 amide bonds. The van der Waals surface area contributed by atoms with Crippen LogP contribution in [0.1, 0.15) is 47.9 Å². The number of hydrogen-bond donors (Lipinski definition) is 2. The normalized spacial score (nSPS) is 24.0. The van der Waals surface area contributed by atoms with Gasteiger partial charge in [0.25, 0.3) is 5.91 Å². The number of fused-ring (bicyclic) bond motifs is 17. The van der Waals surface area contributed by atoms with Crippen molar-refractivity contribution in [3.63, 3.8) is 0 Å². The summed E-state index contributed by atoms with van der Waals surface area (Å²) >= 11 is 0. The van der Waals surface area contributed by atoms with E-state index in [0.29, 0.717) is 58.1 Å². The van der Waals surface area contributed by atoms with Crippen LogP contribution < -0.4 is 5.32 Å². The molecule has 1 saturated heterocycles. The Kier molecular flexibility index (Phi) is 9.17. The Hall–Kier alpha value is -4.23. The summed E-state index contributed by atoms with van der Waals surface area (Å²) < 4.78 is 23.3. The molecule has 1 atom stereocenters. The maximum Gasteiger partial charge on any atom is 0.413 e. The van der Waals surface area contributed by atoms with Crippen molar-refractivity contribution in [2.45, 2.75) is 57.2 Å². The Bertz CT molecular complexity index is 1550. The van der Waals surface area contributed by atoms with E-state index >= 15 is 0 Å². The summed E-state index contributed by atoms with van der Waals surface area (Å²) in [6.07, 6.45) is 4.53. The summed E-state index contributed by atoms with van der Waals surface area (Å²) in [7, 11) is 1.71. The lowest BCUT2D eigenvalue weighted by Gasteiger charge is -2.43. The van der Waals surface area contributed by atoms with Gasteiger partial charge in [-0.25, -0.2) is 14.6 Å². The first-order chi connectivity index (χ1) is 21.8. The van der Waals surface area contributed by atoms with Crippen molar-refractivity contribution in [3.05, 3.63) is 52.8 Å². The zero-order valence-corrected chi connectivity index (χ0v) is 25.8. The van der Waals surface area contributed by atoms with E-state index in [2.05, 4.69) is 20.5 Å². The standard InChI is InChI=1S/C32H40N6O7/c1-21-15-23(16-24-20-34-36-27(21)24)18-26-29(39)37(2)8-4-12-43-14-13-42-11-3-5-22-17-25-28(33-19-22)35-30(40)45-32(25)6-9-38(10-7-32)31(41)44-26/h15-17,19-20,26H,3-14,18H2,1-2H3,(H,34,36)(H,33,35,40)/t26-/m1/s1. The number of aromatic amines is 1. The fraction of sp³-hybridized carbons (Fsp3) is 0.531. The third-order valence-electron chi connectivity index (χ3n) is 8.80. The average Bonchev–Trinajstić information content (AvgIpc) is 3.51. The lowest BCUT2D eigenvalue weighted by molar-refractivity contribution is -0.140. The minimum absolute atomic E-state index is 0.216. The number of hydrogen-bond acceptors (Lipinski definition) is 9. The van der Waals surface area contributed by atoms with Gasteiger partial charge in [0.05, 0.1) is 24.9 Å². The summed E-state index contributed by atoms with van der Waals surface area (Å²) in [5.74, 6) is 0.194. The molecule has 0 saturated carbocycles. The van der Waals surface area contributed by atoms with E-state index in [9.17, 15) is 14.4 Å². The maximum absolute atomic E-state index is 13.7. The second kappa shape index (κ2) is 13.4. The Morgan fingerprint density at radius 3 is 2.56 bits per heavy atom. The first-order valence-corrected chi connectivity index (χ1v) is 15.6. The number of aromatic nitrogens is 3. The van der Waals surface area contributed by atoms with Crippen LogP contribution >= 0.6 is 0 Å². The van der Waals surface area contributed by atoms with Gasteiger partial charge in [0, 0.05) is 76.3 Å². The van der Waals surface area contributed by atoms with Gasteiger partial charge in [-0.1, -0.05) is 6.07 Å². The molecule has 4 aliphatic heterocycles. The number of anilines is 1. The van der Waals surface area contributed by atoms with Crippen LogP contribution in [0, 0.1) is 6.92 Å². The van der Waals surface area contributed by atoms with Gasteiger partial charge >= 0.3 is 12.2 Å². The van der Waals surface area contributed by atoms with Crippen LogP contribution in [0.15, 0.2) is 30.6 Å². The third kappa shape index (κ3) is 6.89. The van der Waals surface area contributed by atoms with Gasteiger partial charge in [-0.2, -0.15) is 5.10 Å². The van der Waals surface area contributed by atoms with E-state index in [0.717, 1.165) is 46.0 Å². The minimum atomic E-state index is -1.03. The smallest absolute Gasteiger partial charge is 0.413 e. The van der Waals surface area contributed by atoms with E-state index in [1.54, 1.807) is 29.2 Å². The first kappa shape index (κ1) is 30.8. The van der Waals surface area contributed by atoms with E-state index < -0.39 is 23.9 Å². The Balaban J connectivity index is 1.23. The van der Waals surface area contributed by atoms with Crippen molar-refractivity contribution in [1.82, 2.24) is 25.0 Å². The lowest BCUT2D eigenvalue weighted by atomic mass is 9.83. The molecule has 45 heavy (non-hydrogen) atoms. The molecule has 7 rings (SSSR count). The number of benzene rings is 1. The van der Waals surface area contributed by atoms with Gasteiger partial charge in [-0.15, -0.1) is 0 Å². The van der Waals surface area contributed by atoms with Gasteiger partial charge in [-0.3, -0.25) is 15.2 Å². The quantitative estimate of drug-likeness (QED) is 0.438. The van der Waals surface area contributed by atoms with E-state index in [4.69, 9.17) is 18.9 Å². The summed E-state index contributed by atoms with van der Waals surface area (Å²) in [6, 6.07) is 5.98. The molecular weight excluding hydrogens is 580 g/mol. The Morgan fingerprint density at radius 1 is 0.978 bits per heavy atom. The number of nitrogens with one attached hydrogen (secondary N) is 2. The Labute approximate surface area is 261 Å². The lowest BCUT2D eigenvalue weighted by Crippen LogP contribution is -2.51. The molecule has 240 valence electrons. The van der Waals surface area contributed by atoms with Crippen molar-refractivity contribution in [3.8, 4) is 0 Å². The molecule has 13 heteroatoms. The highest BCUT2D eigenvalue weighted by molar-refractivity contribution is 5.88. The van der Waals surface area contributed by atoms with Gasteiger partial charge in [0.1, 0.15) is 11.4 Å². The third-order valence-corrected chi connectivity index (χ3v) is 8.80. The number of rotatable bonds is 2. The second-order valence-corrected chi connectivity index (χ2v) is 12.0. The molecular formula is C32H40N6O7. The van der Waals surface area contributed by atoms with Crippen LogP contribution in [0.3, 0.4) is 0 Å². The predicted molar refractivity (Wildman–Crippen MR) is 164 cm³/mol. The molecule has 13 nitrogen and oxygen atoms in total. The largest absolute Gasteiger partial charge is 0.437 e. The number of amides is 3. The van der Waals surface area contributed by atoms with Gasteiger partial charge in [0.15, 0.2) is 6.10 Å². The molecule has 3 aromatic rings. The number of nitrogens with zero attached hydrogens (tertiary/aromatic N) is 4. The number of ether oxygens (including phenoxy) is 4. The number of likely N-dealkylation sites (N-methyl/N-ethyl adjacent to an activating group) is 1. The van der Waals surface area contributed by atoms with Crippen molar-refractivity contribution in [2.24, 2.45) is 0 Å². The highest BCUT2D eigenvalue weighted by atomic mass is 16.6.